The molecule has 1 aromatic rings. The highest BCUT2D eigenvalue weighted by Gasteiger charge is 2.76. The van der Waals surface area contributed by atoms with Crippen molar-refractivity contribution in [3.05, 3.63) is 32.0 Å². The molecule has 28 heavy (non-hydrogen) atoms. The highest BCUT2D eigenvalue weighted by atomic mass is 79.9. The van der Waals surface area contributed by atoms with Crippen LogP contribution in [0.4, 0.5) is 22.0 Å². The second-order valence-corrected chi connectivity index (χ2v) is 9.25. The standard InChI is InChI=1S/C15H14Br2F5O5P/c1-3-25-28(24,26-4-2)11-6-8-5-9(16)7-10(17)12(8)27-13(11,23)14(18,19)15(20,21)22/h5-7,23H,3-4H2,1-2H3. The van der Waals surface area contributed by atoms with Gasteiger partial charge in [0.15, 0.2) is 0 Å². The Hall–Kier alpha value is -0.520. The minimum Gasteiger partial charge on any atom is -0.450 e. The van der Waals surface area contributed by atoms with Gasteiger partial charge in [-0.25, -0.2) is 0 Å². The maximum atomic E-state index is 14.4. The van der Waals surface area contributed by atoms with Crippen molar-refractivity contribution in [1.29, 1.82) is 0 Å². The smallest absolute Gasteiger partial charge is 0.450 e. The zero-order valence-corrected chi connectivity index (χ0v) is 18.4. The van der Waals surface area contributed by atoms with Crippen LogP contribution in [0.2, 0.25) is 0 Å². The number of hydrogen-bond donors (Lipinski definition) is 1. The van der Waals surface area contributed by atoms with E-state index in [1.54, 1.807) is 0 Å². The molecule has 0 amide bonds. The lowest BCUT2D eigenvalue weighted by atomic mass is 10.0. The van der Waals surface area contributed by atoms with Crippen molar-refractivity contribution in [2.24, 2.45) is 0 Å². The molecule has 13 heteroatoms. The van der Waals surface area contributed by atoms with Crippen LogP contribution in [0.5, 0.6) is 5.75 Å². The van der Waals surface area contributed by atoms with Gasteiger partial charge in [0.25, 0.3) is 0 Å². The molecule has 0 saturated carbocycles. The molecule has 1 N–H and O–H groups in total. The van der Waals surface area contributed by atoms with Crippen molar-refractivity contribution in [1.82, 2.24) is 0 Å². The third-order valence-electron chi connectivity index (χ3n) is 3.60. The third-order valence-corrected chi connectivity index (χ3v) is 6.87. The lowest BCUT2D eigenvalue weighted by Crippen LogP contribution is -2.62. The summed E-state index contributed by atoms with van der Waals surface area (Å²) in [4.78, 5) is 0. The lowest BCUT2D eigenvalue weighted by Gasteiger charge is -2.41. The summed E-state index contributed by atoms with van der Waals surface area (Å²) in [5.74, 6) is -10.7. The molecule has 0 spiro atoms. The monoisotopic (exact) mass is 558 g/mol. The van der Waals surface area contributed by atoms with Gasteiger partial charge in [-0.05, 0) is 48.0 Å². The summed E-state index contributed by atoms with van der Waals surface area (Å²) in [6.45, 7) is 1.96. The maximum Gasteiger partial charge on any atom is 0.460 e. The summed E-state index contributed by atoms with van der Waals surface area (Å²) in [5, 5.41) is 9.14. The van der Waals surface area contributed by atoms with Gasteiger partial charge < -0.3 is 18.9 Å². The van der Waals surface area contributed by atoms with Crippen LogP contribution in [-0.2, 0) is 13.6 Å². The lowest BCUT2D eigenvalue weighted by molar-refractivity contribution is -0.371. The largest absolute Gasteiger partial charge is 0.460 e. The maximum absolute atomic E-state index is 14.4. The molecule has 0 aliphatic carbocycles. The predicted molar refractivity (Wildman–Crippen MR) is 97.3 cm³/mol. The van der Waals surface area contributed by atoms with E-state index < -0.39 is 36.5 Å². The van der Waals surface area contributed by atoms with Crippen LogP contribution in [0.25, 0.3) is 6.08 Å². The van der Waals surface area contributed by atoms with Crippen molar-refractivity contribution in [3.63, 3.8) is 0 Å². The van der Waals surface area contributed by atoms with Gasteiger partial charge in [0.2, 0.25) is 0 Å². The third kappa shape index (κ3) is 3.91. The Morgan fingerprint density at radius 1 is 1.14 bits per heavy atom. The normalized spacial score (nSPS) is 20.4. The Morgan fingerprint density at radius 2 is 1.68 bits per heavy atom. The van der Waals surface area contributed by atoms with E-state index >= 15 is 0 Å². The minimum absolute atomic E-state index is 0.0220. The molecule has 2 rings (SSSR count). The Balaban J connectivity index is 2.86. The zero-order chi connectivity index (χ0) is 21.5. The van der Waals surface area contributed by atoms with Crippen molar-refractivity contribution in [2.45, 2.75) is 31.7 Å². The number of fused-ring (bicyclic) bond motifs is 1. The number of hydrogen-bond acceptors (Lipinski definition) is 5. The summed E-state index contributed by atoms with van der Waals surface area (Å²) < 4.78 is 96.1. The summed E-state index contributed by atoms with van der Waals surface area (Å²) in [5.41, 5.74) is -0.0291. The fourth-order valence-corrected chi connectivity index (χ4v) is 5.66. The van der Waals surface area contributed by atoms with Crippen molar-refractivity contribution < 1.29 is 45.4 Å². The SMILES string of the molecule is CCOP(=O)(OCC)C1=Cc2cc(Br)cc(Br)c2OC1(O)C(F)(F)C(F)(F)F. The van der Waals surface area contributed by atoms with E-state index in [2.05, 4.69) is 31.9 Å². The molecule has 0 saturated heterocycles. The van der Waals surface area contributed by atoms with Gasteiger partial charge in [-0.2, -0.15) is 22.0 Å². The van der Waals surface area contributed by atoms with Crippen LogP contribution in [0, 0.1) is 0 Å². The molecule has 1 atom stereocenters. The number of rotatable bonds is 6. The predicted octanol–water partition coefficient (Wildman–Crippen LogP) is 6.10. The molecule has 0 fully saturated rings. The van der Waals surface area contributed by atoms with Gasteiger partial charge in [-0.15, -0.1) is 0 Å². The zero-order valence-electron chi connectivity index (χ0n) is 14.3. The summed E-state index contributed by atoms with van der Waals surface area (Å²) >= 11 is 6.12. The number of ether oxygens (including phenoxy) is 1. The highest BCUT2D eigenvalue weighted by molar-refractivity contribution is 9.11. The van der Waals surface area contributed by atoms with Crippen molar-refractivity contribution in [3.8, 4) is 5.75 Å². The second kappa shape index (κ2) is 7.96. The molecule has 0 aromatic heterocycles. The van der Waals surface area contributed by atoms with Crippen LogP contribution in [-0.4, -0.2) is 36.2 Å². The van der Waals surface area contributed by atoms with Gasteiger partial charge in [0.05, 0.1) is 17.7 Å². The molecule has 1 aliphatic rings. The topological polar surface area (TPSA) is 65.0 Å². The van der Waals surface area contributed by atoms with E-state index in [0.717, 1.165) is 0 Å². The molecule has 1 aromatic carbocycles. The van der Waals surface area contributed by atoms with Gasteiger partial charge in [0.1, 0.15) is 11.1 Å². The van der Waals surface area contributed by atoms with E-state index in [-0.39, 0.29) is 23.2 Å². The quantitative estimate of drug-likeness (QED) is 0.337. The van der Waals surface area contributed by atoms with Gasteiger partial charge in [-0.1, -0.05) is 15.9 Å². The number of benzene rings is 1. The van der Waals surface area contributed by atoms with E-state index in [1.807, 2.05) is 0 Å². The molecule has 0 bridgehead atoms. The molecule has 1 aliphatic heterocycles. The molecule has 0 radical (unpaired) electrons. The van der Waals surface area contributed by atoms with Gasteiger partial charge in [-0.3, -0.25) is 4.57 Å². The van der Waals surface area contributed by atoms with E-state index in [9.17, 15) is 31.6 Å². The first kappa shape index (κ1) is 23.8. The Kier molecular flexibility index (Phi) is 6.75. The van der Waals surface area contributed by atoms with Crippen molar-refractivity contribution in [2.75, 3.05) is 13.2 Å². The Labute approximate surface area is 173 Å². The first-order valence-corrected chi connectivity index (χ1v) is 10.8. The van der Waals surface area contributed by atoms with Crippen LogP contribution < -0.4 is 4.74 Å². The number of halogens is 7. The van der Waals surface area contributed by atoms with E-state index in [1.165, 1.54) is 26.0 Å². The summed E-state index contributed by atoms with van der Waals surface area (Å²) in [6.07, 6.45) is -5.54. The van der Waals surface area contributed by atoms with Crippen LogP contribution in [0.15, 0.2) is 26.4 Å². The van der Waals surface area contributed by atoms with Gasteiger partial charge in [0, 0.05) is 10.0 Å². The minimum atomic E-state index is -6.23. The van der Waals surface area contributed by atoms with Crippen molar-refractivity contribution >= 4 is 45.5 Å². The molecule has 1 heterocycles. The molecular weight excluding hydrogens is 546 g/mol. The fourth-order valence-electron chi connectivity index (χ4n) is 2.44. The molecule has 5 nitrogen and oxygen atoms in total. The van der Waals surface area contributed by atoms with Gasteiger partial charge >= 0.3 is 25.5 Å². The number of alkyl halides is 5. The summed E-state index contributed by atoms with van der Waals surface area (Å²) in [6, 6.07) is 2.63. The fraction of sp³-hybridized carbons (Fsp3) is 0.467. The van der Waals surface area contributed by atoms with Crippen LogP contribution >= 0.6 is 39.5 Å². The Bertz CT molecular complexity index is 835. The first-order chi connectivity index (χ1) is 12.7. The van der Waals surface area contributed by atoms with E-state index in [0.29, 0.717) is 10.5 Å². The average molecular weight is 560 g/mol. The summed E-state index contributed by atoms with van der Waals surface area (Å²) in [7, 11) is -4.79. The Morgan fingerprint density at radius 3 is 2.14 bits per heavy atom. The first-order valence-electron chi connectivity index (χ1n) is 7.70. The van der Waals surface area contributed by atoms with Crippen LogP contribution in [0.3, 0.4) is 0 Å². The highest BCUT2D eigenvalue weighted by Crippen LogP contribution is 2.66. The molecular formula is C15H14Br2F5O5P. The molecule has 1 unspecified atom stereocenters. The van der Waals surface area contributed by atoms with E-state index in [4.69, 9.17) is 13.8 Å². The van der Waals surface area contributed by atoms with Crippen LogP contribution in [0.1, 0.15) is 19.4 Å². The second-order valence-electron chi connectivity index (χ2n) is 5.49. The molecule has 158 valence electrons. The number of aliphatic hydroxyl groups is 1. The average Bonchev–Trinajstić information content (AvgIpc) is 2.54.